The van der Waals surface area contributed by atoms with Gasteiger partial charge < -0.3 is 14.4 Å². The number of hydrogen-bond acceptors (Lipinski definition) is 4. The maximum Gasteiger partial charge on any atom is 0.194 e. The lowest BCUT2D eigenvalue weighted by atomic mass is 10.1. The highest BCUT2D eigenvalue weighted by molar-refractivity contribution is 4.96. The third kappa shape index (κ3) is 2.83. The van der Waals surface area contributed by atoms with E-state index < -0.39 is 0 Å². The fourth-order valence-corrected chi connectivity index (χ4v) is 2.28. The number of oxazole rings is 1. The smallest absolute Gasteiger partial charge is 0.194 e. The van der Waals surface area contributed by atoms with Crippen LogP contribution < -0.4 is 0 Å². The molecule has 1 aromatic rings. The zero-order chi connectivity index (χ0) is 11.4. The molecule has 16 heavy (non-hydrogen) atoms. The van der Waals surface area contributed by atoms with E-state index in [0.717, 1.165) is 31.2 Å². The van der Waals surface area contributed by atoms with Crippen molar-refractivity contribution >= 4 is 0 Å². The molecule has 0 amide bonds. The van der Waals surface area contributed by atoms with Crippen LogP contribution in [0.4, 0.5) is 0 Å². The van der Waals surface area contributed by atoms with Crippen molar-refractivity contribution in [2.75, 3.05) is 26.2 Å². The third-order valence-corrected chi connectivity index (χ3v) is 3.24. The van der Waals surface area contributed by atoms with Crippen LogP contribution in [0.5, 0.6) is 0 Å². The minimum Gasteiger partial charge on any atom is -0.446 e. The van der Waals surface area contributed by atoms with Crippen LogP contribution in [0, 0.1) is 5.92 Å². The van der Waals surface area contributed by atoms with Gasteiger partial charge in [-0.3, -0.25) is 0 Å². The zero-order valence-corrected chi connectivity index (χ0v) is 9.85. The summed E-state index contributed by atoms with van der Waals surface area (Å²) >= 11 is 0. The predicted octanol–water partition coefficient (Wildman–Crippen LogP) is 1.09. The second-order valence-electron chi connectivity index (χ2n) is 4.45. The van der Waals surface area contributed by atoms with Gasteiger partial charge in [-0.05, 0) is 25.4 Å². The van der Waals surface area contributed by atoms with E-state index in [1.165, 1.54) is 13.0 Å². The lowest BCUT2D eigenvalue weighted by molar-refractivity contribution is 0.284. The molecule has 1 N–H and O–H groups in total. The highest BCUT2D eigenvalue weighted by Gasteiger charge is 2.22. The summed E-state index contributed by atoms with van der Waals surface area (Å²) in [5.41, 5.74) is 0. The van der Waals surface area contributed by atoms with Crippen LogP contribution in [0.3, 0.4) is 0 Å². The zero-order valence-electron chi connectivity index (χ0n) is 9.85. The van der Waals surface area contributed by atoms with Gasteiger partial charge in [0.2, 0.25) is 0 Å². The summed E-state index contributed by atoms with van der Waals surface area (Å²) < 4.78 is 5.57. The van der Waals surface area contributed by atoms with Gasteiger partial charge in [0.25, 0.3) is 0 Å². The highest BCUT2D eigenvalue weighted by Crippen LogP contribution is 2.20. The molecule has 4 heteroatoms. The SMILES string of the molecule is CCN1CCC(Cc2ncc(CCO)o2)C1. The van der Waals surface area contributed by atoms with Crippen LogP contribution in [0.2, 0.25) is 0 Å². The standard InChI is InChI=1S/C12H20N2O2/c1-2-14-5-3-10(9-14)7-12-13-8-11(16-12)4-6-15/h8,10,15H,2-7,9H2,1H3. The van der Waals surface area contributed by atoms with Crippen LogP contribution in [0.1, 0.15) is 25.0 Å². The van der Waals surface area contributed by atoms with Crippen LogP contribution in [-0.2, 0) is 12.8 Å². The Morgan fingerprint density at radius 2 is 2.50 bits per heavy atom. The van der Waals surface area contributed by atoms with E-state index >= 15 is 0 Å². The molecular formula is C12H20N2O2. The quantitative estimate of drug-likeness (QED) is 0.813. The van der Waals surface area contributed by atoms with Crippen molar-refractivity contribution in [2.24, 2.45) is 5.92 Å². The van der Waals surface area contributed by atoms with E-state index in [4.69, 9.17) is 9.52 Å². The minimum atomic E-state index is 0.127. The lowest BCUT2D eigenvalue weighted by Gasteiger charge is -2.11. The maximum atomic E-state index is 8.79. The summed E-state index contributed by atoms with van der Waals surface area (Å²) in [6.45, 7) is 5.83. The number of aromatic nitrogens is 1. The maximum absolute atomic E-state index is 8.79. The van der Waals surface area contributed by atoms with Crippen LogP contribution in [0.15, 0.2) is 10.6 Å². The second-order valence-corrected chi connectivity index (χ2v) is 4.45. The molecule has 0 bridgehead atoms. The van der Waals surface area contributed by atoms with Gasteiger partial charge in [-0.2, -0.15) is 0 Å². The van der Waals surface area contributed by atoms with E-state index in [1.807, 2.05) is 0 Å². The molecule has 1 fully saturated rings. The van der Waals surface area contributed by atoms with Crippen molar-refractivity contribution in [3.8, 4) is 0 Å². The fraction of sp³-hybridized carbons (Fsp3) is 0.750. The van der Waals surface area contributed by atoms with E-state index in [1.54, 1.807) is 6.20 Å². The molecule has 0 spiro atoms. The average molecular weight is 224 g/mol. The number of hydrogen-bond donors (Lipinski definition) is 1. The summed E-state index contributed by atoms with van der Waals surface area (Å²) in [5.74, 6) is 2.30. The molecule has 4 nitrogen and oxygen atoms in total. The van der Waals surface area contributed by atoms with E-state index in [0.29, 0.717) is 12.3 Å². The first-order valence-electron chi connectivity index (χ1n) is 6.08. The molecular weight excluding hydrogens is 204 g/mol. The number of rotatable bonds is 5. The second kappa shape index (κ2) is 5.46. The number of likely N-dealkylation sites (tertiary alicyclic amines) is 1. The molecule has 1 atom stereocenters. The van der Waals surface area contributed by atoms with Gasteiger partial charge in [0.05, 0.1) is 12.8 Å². The summed E-state index contributed by atoms with van der Waals surface area (Å²) in [4.78, 5) is 6.71. The lowest BCUT2D eigenvalue weighted by Crippen LogP contribution is -2.20. The fourth-order valence-electron chi connectivity index (χ4n) is 2.28. The molecule has 1 unspecified atom stereocenters. The summed E-state index contributed by atoms with van der Waals surface area (Å²) in [7, 11) is 0. The molecule has 1 aliphatic rings. The van der Waals surface area contributed by atoms with Crippen molar-refractivity contribution in [2.45, 2.75) is 26.2 Å². The molecule has 1 aliphatic heterocycles. The van der Waals surface area contributed by atoms with Crippen molar-refractivity contribution in [1.82, 2.24) is 9.88 Å². The van der Waals surface area contributed by atoms with Crippen molar-refractivity contribution in [1.29, 1.82) is 0 Å². The first-order chi connectivity index (χ1) is 7.81. The summed E-state index contributed by atoms with van der Waals surface area (Å²) in [6.07, 6.45) is 4.48. The Balaban J connectivity index is 1.84. The van der Waals surface area contributed by atoms with Gasteiger partial charge in [-0.15, -0.1) is 0 Å². The van der Waals surface area contributed by atoms with Gasteiger partial charge in [0.15, 0.2) is 5.89 Å². The van der Waals surface area contributed by atoms with E-state index in [9.17, 15) is 0 Å². The first-order valence-corrected chi connectivity index (χ1v) is 6.08. The van der Waals surface area contributed by atoms with Gasteiger partial charge in [0, 0.05) is 19.4 Å². The molecule has 0 aromatic carbocycles. The van der Waals surface area contributed by atoms with Gasteiger partial charge >= 0.3 is 0 Å². The molecule has 2 heterocycles. The van der Waals surface area contributed by atoms with Crippen molar-refractivity contribution < 1.29 is 9.52 Å². The predicted molar refractivity (Wildman–Crippen MR) is 61.2 cm³/mol. The van der Waals surface area contributed by atoms with Crippen molar-refractivity contribution in [3.63, 3.8) is 0 Å². The highest BCUT2D eigenvalue weighted by atomic mass is 16.4. The Bertz CT molecular complexity index is 325. The van der Waals surface area contributed by atoms with Gasteiger partial charge in [0.1, 0.15) is 5.76 Å². The summed E-state index contributed by atoms with van der Waals surface area (Å²) in [5, 5.41) is 8.79. The van der Waals surface area contributed by atoms with E-state index in [-0.39, 0.29) is 6.61 Å². The van der Waals surface area contributed by atoms with Gasteiger partial charge in [-0.1, -0.05) is 6.92 Å². The Kier molecular flexibility index (Phi) is 3.96. The molecule has 90 valence electrons. The van der Waals surface area contributed by atoms with Gasteiger partial charge in [-0.25, -0.2) is 4.98 Å². The molecule has 0 radical (unpaired) electrons. The minimum absolute atomic E-state index is 0.127. The van der Waals surface area contributed by atoms with E-state index in [2.05, 4.69) is 16.8 Å². The topological polar surface area (TPSA) is 49.5 Å². The molecule has 2 rings (SSSR count). The molecule has 0 saturated carbocycles. The Hall–Kier alpha value is -0.870. The first kappa shape index (κ1) is 11.6. The molecule has 1 aromatic heterocycles. The number of aliphatic hydroxyl groups excluding tert-OH is 1. The third-order valence-electron chi connectivity index (χ3n) is 3.24. The molecule has 0 aliphatic carbocycles. The average Bonchev–Trinajstić information content (AvgIpc) is 2.89. The Labute approximate surface area is 96.3 Å². The van der Waals surface area contributed by atoms with Crippen molar-refractivity contribution in [3.05, 3.63) is 17.8 Å². The largest absolute Gasteiger partial charge is 0.446 e. The normalized spacial score (nSPS) is 21.8. The monoisotopic (exact) mass is 224 g/mol. The van der Waals surface area contributed by atoms with Crippen LogP contribution in [0.25, 0.3) is 0 Å². The number of nitrogens with zero attached hydrogens (tertiary/aromatic N) is 2. The number of aliphatic hydroxyl groups is 1. The summed E-state index contributed by atoms with van der Waals surface area (Å²) in [6, 6.07) is 0. The molecule has 1 saturated heterocycles. The van der Waals surface area contributed by atoms with Crippen LogP contribution >= 0.6 is 0 Å². The Morgan fingerprint density at radius 1 is 1.62 bits per heavy atom. The Morgan fingerprint density at radius 3 is 3.19 bits per heavy atom. The van der Waals surface area contributed by atoms with Crippen LogP contribution in [-0.4, -0.2) is 41.2 Å².